The Bertz CT molecular complexity index is 294. The molecular weight excluding hydrogens is 202 g/mol. The molecule has 0 saturated heterocycles. The zero-order valence-electron chi connectivity index (χ0n) is 10.7. The molecule has 0 aliphatic carbocycles. The molecule has 1 aromatic heterocycles. The van der Waals surface area contributed by atoms with Crippen LogP contribution in [0.2, 0.25) is 0 Å². The average molecular weight is 225 g/mol. The molecule has 0 amide bonds. The van der Waals surface area contributed by atoms with E-state index >= 15 is 0 Å². The van der Waals surface area contributed by atoms with Crippen LogP contribution in [0.4, 0.5) is 0 Å². The fourth-order valence-electron chi connectivity index (χ4n) is 1.33. The van der Waals surface area contributed by atoms with Gasteiger partial charge in [-0.3, -0.25) is 4.68 Å². The Morgan fingerprint density at radius 2 is 2.12 bits per heavy atom. The number of nitrogens with one attached hydrogen (secondary N) is 1. The standard InChI is InChI=1S/C12H23N3O/c1-10(2)13-6-5-7-16-12-8-14-15(9-12)11(3)4/h8-11,13H,5-7H2,1-4H3. The first-order chi connectivity index (χ1) is 7.59. The van der Waals surface area contributed by atoms with Crippen molar-refractivity contribution >= 4 is 0 Å². The zero-order valence-corrected chi connectivity index (χ0v) is 10.7. The average Bonchev–Trinajstić information content (AvgIpc) is 2.65. The highest BCUT2D eigenvalue weighted by molar-refractivity contribution is 5.11. The Balaban J connectivity index is 2.17. The van der Waals surface area contributed by atoms with Crippen LogP contribution in [0.15, 0.2) is 12.4 Å². The molecule has 1 heterocycles. The summed E-state index contributed by atoms with van der Waals surface area (Å²) in [5.41, 5.74) is 0. The third kappa shape index (κ3) is 4.66. The fraction of sp³-hybridized carbons (Fsp3) is 0.750. The summed E-state index contributed by atoms with van der Waals surface area (Å²) in [5.74, 6) is 0.859. The number of rotatable bonds is 7. The minimum Gasteiger partial charge on any atom is -0.490 e. The maximum atomic E-state index is 5.60. The van der Waals surface area contributed by atoms with Crippen molar-refractivity contribution in [2.24, 2.45) is 0 Å². The summed E-state index contributed by atoms with van der Waals surface area (Å²) in [5, 5.41) is 7.57. The van der Waals surface area contributed by atoms with E-state index in [0.717, 1.165) is 25.3 Å². The van der Waals surface area contributed by atoms with Crippen LogP contribution in [0.1, 0.15) is 40.2 Å². The first-order valence-electron chi connectivity index (χ1n) is 6.00. The Morgan fingerprint density at radius 3 is 2.69 bits per heavy atom. The second kappa shape index (κ2) is 6.53. The summed E-state index contributed by atoms with van der Waals surface area (Å²) in [6, 6.07) is 0.934. The summed E-state index contributed by atoms with van der Waals surface area (Å²) in [4.78, 5) is 0. The molecule has 4 heteroatoms. The maximum absolute atomic E-state index is 5.60. The Labute approximate surface area is 98.0 Å². The van der Waals surface area contributed by atoms with Gasteiger partial charge >= 0.3 is 0 Å². The molecule has 0 aromatic carbocycles. The van der Waals surface area contributed by atoms with E-state index in [2.05, 4.69) is 38.1 Å². The molecule has 0 radical (unpaired) electrons. The zero-order chi connectivity index (χ0) is 12.0. The Hall–Kier alpha value is -1.03. The smallest absolute Gasteiger partial charge is 0.157 e. The topological polar surface area (TPSA) is 39.1 Å². The summed E-state index contributed by atoms with van der Waals surface area (Å²) >= 11 is 0. The highest BCUT2D eigenvalue weighted by Crippen LogP contribution is 2.12. The molecule has 0 fully saturated rings. The number of hydrogen-bond donors (Lipinski definition) is 1. The third-order valence-corrected chi connectivity index (χ3v) is 2.25. The molecule has 0 atom stereocenters. The van der Waals surface area contributed by atoms with Crippen LogP contribution >= 0.6 is 0 Å². The molecule has 0 saturated carbocycles. The van der Waals surface area contributed by atoms with Crippen molar-refractivity contribution in [2.75, 3.05) is 13.2 Å². The van der Waals surface area contributed by atoms with Crippen molar-refractivity contribution in [1.29, 1.82) is 0 Å². The van der Waals surface area contributed by atoms with Gasteiger partial charge in [0.25, 0.3) is 0 Å². The van der Waals surface area contributed by atoms with Crippen LogP contribution in [0.3, 0.4) is 0 Å². The molecule has 0 bridgehead atoms. The van der Waals surface area contributed by atoms with Crippen LogP contribution in [0, 0.1) is 0 Å². The van der Waals surface area contributed by atoms with Crippen molar-refractivity contribution < 1.29 is 4.74 Å². The van der Waals surface area contributed by atoms with Crippen LogP contribution in [-0.2, 0) is 0 Å². The largest absolute Gasteiger partial charge is 0.490 e. The first-order valence-corrected chi connectivity index (χ1v) is 6.00. The normalized spacial score (nSPS) is 11.4. The van der Waals surface area contributed by atoms with Crippen molar-refractivity contribution in [2.45, 2.75) is 46.2 Å². The molecule has 92 valence electrons. The van der Waals surface area contributed by atoms with Crippen LogP contribution in [0.5, 0.6) is 5.75 Å². The lowest BCUT2D eigenvalue weighted by molar-refractivity contribution is 0.305. The summed E-state index contributed by atoms with van der Waals surface area (Å²) in [6.45, 7) is 10.2. The quantitative estimate of drug-likeness (QED) is 0.723. The van der Waals surface area contributed by atoms with E-state index in [0.29, 0.717) is 12.1 Å². The van der Waals surface area contributed by atoms with Crippen molar-refractivity contribution in [3.8, 4) is 5.75 Å². The van der Waals surface area contributed by atoms with Gasteiger partial charge in [0.2, 0.25) is 0 Å². The fourth-order valence-corrected chi connectivity index (χ4v) is 1.33. The molecule has 0 unspecified atom stereocenters. The number of nitrogens with zero attached hydrogens (tertiary/aromatic N) is 2. The molecule has 0 aliphatic heterocycles. The highest BCUT2D eigenvalue weighted by atomic mass is 16.5. The first kappa shape index (κ1) is 13.0. The van der Waals surface area contributed by atoms with Gasteiger partial charge in [0, 0.05) is 12.1 Å². The van der Waals surface area contributed by atoms with Gasteiger partial charge in [-0.15, -0.1) is 0 Å². The van der Waals surface area contributed by atoms with Gasteiger partial charge in [0.1, 0.15) is 0 Å². The molecule has 0 aliphatic rings. The minimum absolute atomic E-state index is 0.389. The van der Waals surface area contributed by atoms with E-state index in [9.17, 15) is 0 Å². The second-order valence-electron chi connectivity index (χ2n) is 4.56. The van der Waals surface area contributed by atoms with Crippen molar-refractivity contribution in [3.63, 3.8) is 0 Å². The van der Waals surface area contributed by atoms with E-state index in [1.165, 1.54) is 0 Å². The Morgan fingerprint density at radius 1 is 1.38 bits per heavy atom. The van der Waals surface area contributed by atoms with Gasteiger partial charge in [-0.25, -0.2) is 0 Å². The molecule has 4 nitrogen and oxygen atoms in total. The van der Waals surface area contributed by atoms with Crippen LogP contribution in [0.25, 0.3) is 0 Å². The summed E-state index contributed by atoms with van der Waals surface area (Å²) in [7, 11) is 0. The lowest BCUT2D eigenvalue weighted by atomic mass is 10.3. The van der Waals surface area contributed by atoms with Gasteiger partial charge in [-0.2, -0.15) is 5.10 Å². The number of ether oxygens (including phenoxy) is 1. The monoisotopic (exact) mass is 225 g/mol. The molecular formula is C12H23N3O. The van der Waals surface area contributed by atoms with E-state index in [1.807, 2.05) is 10.9 Å². The van der Waals surface area contributed by atoms with Crippen molar-refractivity contribution in [1.82, 2.24) is 15.1 Å². The van der Waals surface area contributed by atoms with Crippen LogP contribution in [-0.4, -0.2) is 29.0 Å². The summed E-state index contributed by atoms with van der Waals surface area (Å²) < 4.78 is 7.50. The molecule has 1 rings (SSSR count). The van der Waals surface area contributed by atoms with Crippen molar-refractivity contribution in [3.05, 3.63) is 12.4 Å². The minimum atomic E-state index is 0.389. The SMILES string of the molecule is CC(C)NCCCOc1cnn(C(C)C)c1. The van der Waals surface area contributed by atoms with Gasteiger partial charge < -0.3 is 10.1 Å². The van der Waals surface area contributed by atoms with E-state index < -0.39 is 0 Å². The molecule has 16 heavy (non-hydrogen) atoms. The van der Waals surface area contributed by atoms with Crippen LogP contribution < -0.4 is 10.1 Å². The number of aromatic nitrogens is 2. The molecule has 1 aromatic rings. The molecule has 1 N–H and O–H groups in total. The lowest BCUT2D eigenvalue weighted by Gasteiger charge is -2.08. The van der Waals surface area contributed by atoms with Gasteiger partial charge in [-0.1, -0.05) is 13.8 Å². The van der Waals surface area contributed by atoms with E-state index in [-0.39, 0.29) is 0 Å². The van der Waals surface area contributed by atoms with Gasteiger partial charge in [0.15, 0.2) is 5.75 Å². The van der Waals surface area contributed by atoms with E-state index in [4.69, 9.17) is 4.74 Å². The lowest BCUT2D eigenvalue weighted by Crippen LogP contribution is -2.24. The van der Waals surface area contributed by atoms with E-state index in [1.54, 1.807) is 6.20 Å². The Kier molecular flexibility index (Phi) is 5.32. The molecule has 0 spiro atoms. The summed E-state index contributed by atoms with van der Waals surface area (Å²) in [6.07, 6.45) is 4.74. The predicted molar refractivity (Wildman–Crippen MR) is 65.9 cm³/mol. The highest BCUT2D eigenvalue weighted by Gasteiger charge is 2.01. The second-order valence-corrected chi connectivity index (χ2v) is 4.56. The van der Waals surface area contributed by atoms with Gasteiger partial charge in [0.05, 0.1) is 19.0 Å². The van der Waals surface area contributed by atoms with Gasteiger partial charge in [-0.05, 0) is 26.8 Å². The predicted octanol–water partition coefficient (Wildman–Crippen LogP) is 2.23. The number of hydrogen-bond acceptors (Lipinski definition) is 3. The third-order valence-electron chi connectivity index (χ3n) is 2.25. The maximum Gasteiger partial charge on any atom is 0.157 e.